The minimum Gasteiger partial charge on any atom is -0.396 e. The quantitative estimate of drug-likeness (QED) is 0.482. The topological polar surface area (TPSA) is 81.2 Å². The van der Waals surface area contributed by atoms with Crippen LogP contribution in [-0.4, -0.2) is 81.5 Å². The Hall–Kier alpha value is -2.29. The van der Waals surface area contributed by atoms with Crippen LogP contribution in [0, 0.1) is 11.8 Å². The van der Waals surface area contributed by atoms with Gasteiger partial charge in [0.15, 0.2) is 0 Å². The molecule has 1 spiro atoms. The molecular weight excluding hydrogens is 486 g/mol. The fraction of sp³-hybridized carbons (Fsp3) is 0.500. The summed E-state index contributed by atoms with van der Waals surface area (Å²) in [5, 5.41) is 9.91. The Morgan fingerprint density at radius 2 is 1.71 bits per heavy atom. The molecule has 0 aromatic heterocycles. The van der Waals surface area contributed by atoms with Gasteiger partial charge in [-0.05, 0) is 44.0 Å². The molecule has 2 saturated heterocycles. The van der Waals surface area contributed by atoms with E-state index in [0.717, 1.165) is 0 Å². The zero-order valence-electron chi connectivity index (χ0n) is 19.9. The van der Waals surface area contributed by atoms with Crippen LogP contribution < -0.4 is 4.90 Å². The van der Waals surface area contributed by atoms with Gasteiger partial charge >= 0.3 is 0 Å². The van der Waals surface area contributed by atoms with Crippen molar-refractivity contribution in [3.05, 3.63) is 53.6 Å². The molecule has 4 aliphatic heterocycles. The number of halogens is 1. The average Bonchev–Trinajstić information content (AvgIpc) is 3.09. The van der Waals surface area contributed by atoms with Gasteiger partial charge in [-0.15, -0.1) is 11.8 Å². The van der Waals surface area contributed by atoms with Gasteiger partial charge < -0.3 is 19.8 Å². The smallest absolute Gasteiger partial charge is 0.251 e. The summed E-state index contributed by atoms with van der Waals surface area (Å²) in [6, 6.07) is 6.38. The molecule has 2 fully saturated rings. The van der Waals surface area contributed by atoms with Crippen LogP contribution in [0.2, 0.25) is 5.02 Å². The largest absolute Gasteiger partial charge is 0.396 e. The lowest BCUT2D eigenvalue weighted by Gasteiger charge is -2.36. The van der Waals surface area contributed by atoms with Crippen molar-refractivity contribution in [1.29, 1.82) is 0 Å². The predicted molar refractivity (Wildman–Crippen MR) is 137 cm³/mol. The number of fused-ring (bicyclic) bond motifs is 2. The number of carbonyl (C=O) groups excluding carboxylic acids is 3. The lowest BCUT2D eigenvalue weighted by molar-refractivity contribution is -0.143. The molecule has 186 valence electrons. The highest BCUT2D eigenvalue weighted by atomic mass is 35.5. The van der Waals surface area contributed by atoms with E-state index >= 15 is 0 Å². The molecule has 1 unspecified atom stereocenters. The van der Waals surface area contributed by atoms with E-state index in [1.165, 1.54) is 0 Å². The first kappa shape index (κ1) is 24.4. The third-order valence-corrected chi connectivity index (χ3v) is 9.75. The van der Waals surface area contributed by atoms with Gasteiger partial charge in [-0.2, -0.15) is 0 Å². The van der Waals surface area contributed by atoms with Gasteiger partial charge in [0.1, 0.15) is 6.04 Å². The van der Waals surface area contributed by atoms with Gasteiger partial charge in [0.25, 0.3) is 5.91 Å². The molecule has 9 heteroatoms. The fourth-order valence-corrected chi connectivity index (χ4v) is 8.41. The van der Waals surface area contributed by atoms with E-state index in [-0.39, 0.29) is 24.3 Å². The Balaban J connectivity index is 1.62. The highest BCUT2D eigenvalue weighted by Gasteiger charge is 2.73. The molecule has 3 amide bonds. The maximum absolute atomic E-state index is 14.2. The second-order valence-electron chi connectivity index (χ2n) is 9.91. The van der Waals surface area contributed by atoms with E-state index in [9.17, 15) is 19.5 Å². The van der Waals surface area contributed by atoms with Crippen LogP contribution in [-0.2, 0) is 14.4 Å². The number of nitrogens with zero attached hydrogens (tertiary/aromatic N) is 3. The second-order valence-corrected chi connectivity index (χ2v) is 12.1. The zero-order chi connectivity index (χ0) is 25.0. The van der Waals surface area contributed by atoms with Crippen molar-refractivity contribution in [3.8, 4) is 0 Å². The Morgan fingerprint density at radius 1 is 1.00 bits per heavy atom. The Kier molecular flexibility index (Phi) is 6.26. The molecule has 1 aromatic carbocycles. The number of likely N-dealkylation sites (tertiary alicyclic amines) is 1. The molecule has 7 nitrogen and oxygen atoms in total. The van der Waals surface area contributed by atoms with Crippen LogP contribution in [0.3, 0.4) is 0 Å². The monoisotopic (exact) mass is 515 g/mol. The van der Waals surface area contributed by atoms with Crippen molar-refractivity contribution in [2.45, 2.75) is 35.3 Å². The third kappa shape index (κ3) is 3.72. The molecule has 1 N–H and O–H groups in total. The first-order valence-corrected chi connectivity index (χ1v) is 13.2. The summed E-state index contributed by atoms with van der Waals surface area (Å²) in [5.74, 6) is -1.57. The number of unbranched alkanes of at least 4 members (excludes halogenated alkanes) is 1. The van der Waals surface area contributed by atoms with Crippen molar-refractivity contribution in [3.63, 3.8) is 0 Å². The van der Waals surface area contributed by atoms with Crippen molar-refractivity contribution in [2.75, 3.05) is 38.2 Å². The number of likely N-dealkylation sites (N-methyl/N-ethyl adjacent to an activating group) is 1. The number of carbonyl (C=O) groups is 3. The van der Waals surface area contributed by atoms with Gasteiger partial charge in [-0.1, -0.05) is 35.9 Å². The normalized spacial score (nSPS) is 34.1. The summed E-state index contributed by atoms with van der Waals surface area (Å²) in [6.45, 7) is 3.28. The summed E-state index contributed by atoms with van der Waals surface area (Å²) in [4.78, 5) is 47.0. The predicted octanol–water partition coefficient (Wildman–Crippen LogP) is 2.73. The molecule has 0 saturated carbocycles. The number of hydrogen-bond acceptors (Lipinski definition) is 5. The van der Waals surface area contributed by atoms with Crippen molar-refractivity contribution < 1.29 is 19.5 Å². The number of anilines is 1. The third-order valence-electron chi connectivity index (χ3n) is 7.70. The van der Waals surface area contributed by atoms with Crippen LogP contribution in [0.15, 0.2) is 48.6 Å². The van der Waals surface area contributed by atoms with E-state index in [0.29, 0.717) is 43.2 Å². The van der Waals surface area contributed by atoms with E-state index in [4.69, 9.17) is 11.6 Å². The molecule has 5 atom stereocenters. The minimum absolute atomic E-state index is 0.0234. The van der Waals surface area contributed by atoms with Gasteiger partial charge in [0.05, 0.1) is 16.6 Å². The van der Waals surface area contributed by atoms with Crippen molar-refractivity contribution in [2.24, 2.45) is 11.8 Å². The highest BCUT2D eigenvalue weighted by Crippen LogP contribution is 2.65. The SMILES string of the molecule is CN1CC=C[C@]2(C)S[C@]34C=CCN(c5ccc(Cl)cc5)C(=O)C3N(CCCCO)C(=O)[C@@H]4[C@@H]2C1=O. The van der Waals surface area contributed by atoms with Crippen LogP contribution in [0.1, 0.15) is 19.8 Å². The van der Waals surface area contributed by atoms with Crippen molar-refractivity contribution >= 4 is 46.8 Å². The number of thioether (sulfide) groups is 1. The number of aliphatic hydroxyl groups excluding tert-OH is 1. The molecule has 0 radical (unpaired) electrons. The summed E-state index contributed by atoms with van der Waals surface area (Å²) in [7, 11) is 1.76. The van der Waals surface area contributed by atoms with E-state index in [1.54, 1.807) is 45.6 Å². The van der Waals surface area contributed by atoms with Crippen molar-refractivity contribution in [1.82, 2.24) is 9.80 Å². The first-order chi connectivity index (χ1) is 16.7. The van der Waals surface area contributed by atoms with E-state index in [2.05, 4.69) is 6.08 Å². The number of hydrogen-bond donors (Lipinski definition) is 1. The Bertz CT molecular complexity index is 1110. The molecule has 35 heavy (non-hydrogen) atoms. The number of amides is 3. The number of aliphatic hydroxyl groups is 1. The van der Waals surface area contributed by atoms with Crippen LogP contribution in [0.5, 0.6) is 0 Å². The number of rotatable bonds is 5. The van der Waals surface area contributed by atoms with Gasteiger partial charge in [0.2, 0.25) is 11.8 Å². The standard InChI is InChI=1S/C26H30ClN3O4S/c1-25-11-5-13-28(2)22(32)19(25)20-23(33)30(14-3-4-16-31)21-24(34)29(15-6-12-26(20,21)35-25)18-9-7-17(27)8-10-18/h5-12,19-21,31H,3-4,13-16H2,1-2H3/t19-,20+,21?,25+,26+/m1/s1. The fourth-order valence-electron chi connectivity index (χ4n) is 6.13. The summed E-state index contributed by atoms with van der Waals surface area (Å²) < 4.78 is -1.45. The Labute approximate surface area is 214 Å². The van der Waals surface area contributed by atoms with Crippen LogP contribution in [0.25, 0.3) is 0 Å². The summed E-state index contributed by atoms with van der Waals surface area (Å²) >= 11 is 7.66. The van der Waals surface area contributed by atoms with Crippen LogP contribution in [0.4, 0.5) is 5.69 Å². The Morgan fingerprint density at radius 3 is 2.43 bits per heavy atom. The highest BCUT2D eigenvalue weighted by molar-refractivity contribution is 8.02. The van der Waals surface area contributed by atoms with Crippen LogP contribution >= 0.6 is 23.4 Å². The number of benzene rings is 1. The molecule has 5 rings (SSSR count). The summed E-state index contributed by atoms with van der Waals surface area (Å²) in [5.41, 5.74) is 0.714. The van der Waals surface area contributed by atoms with E-state index in [1.807, 2.05) is 37.3 Å². The molecule has 0 aliphatic carbocycles. The average molecular weight is 516 g/mol. The molecule has 0 bridgehead atoms. The lowest BCUT2D eigenvalue weighted by atomic mass is 9.74. The lowest BCUT2D eigenvalue weighted by Crippen LogP contribution is -2.53. The van der Waals surface area contributed by atoms with Gasteiger partial charge in [0, 0.05) is 48.7 Å². The maximum Gasteiger partial charge on any atom is 0.251 e. The first-order valence-electron chi connectivity index (χ1n) is 12.0. The van der Waals surface area contributed by atoms with Gasteiger partial charge in [-0.25, -0.2) is 0 Å². The summed E-state index contributed by atoms with van der Waals surface area (Å²) in [6.07, 6.45) is 9.15. The molecule has 1 aromatic rings. The zero-order valence-corrected chi connectivity index (χ0v) is 21.5. The maximum atomic E-state index is 14.2. The second kappa shape index (κ2) is 8.98. The van der Waals surface area contributed by atoms with E-state index < -0.39 is 27.4 Å². The molecular formula is C26H30ClN3O4S. The van der Waals surface area contributed by atoms with Gasteiger partial charge in [-0.3, -0.25) is 14.4 Å². The molecule has 4 heterocycles. The minimum atomic E-state index is -0.855. The molecule has 4 aliphatic rings.